The molecule has 0 saturated carbocycles. The van der Waals surface area contributed by atoms with Gasteiger partial charge in [0.2, 0.25) is 0 Å². The van der Waals surface area contributed by atoms with Gasteiger partial charge < -0.3 is 10.5 Å². The highest BCUT2D eigenvalue weighted by Crippen LogP contribution is 2.17. The topological polar surface area (TPSA) is 93.4 Å². The number of nitrogens with two attached hydrogens (primary N) is 1. The first-order valence-corrected chi connectivity index (χ1v) is 7.53. The summed E-state index contributed by atoms with van der Waals surface area (Å²) in [6.45, 7) is 2.58. The average Bonchev–Trinajstić information content (AvgIpc) is 2.37. The van der Waals surface area contributed by atoms with E-state index >= 15 is 0 Å². The zero-order valence-electron chi connectivity index (χ0n) is 11.6. The lowest BCUT2D eigenvalue weighted by atomic mass is 10.1. The van der Waals surface area contributed by atoms with Crippen molar-refractivity contribution in [2.24, 2.45) is 5.73 Å². The van der Waals surface area contributed by atoms with E-state index in [4.69, 9.17) is 10.5 Å². The number of hydrogen-bond donors (Lipinski definition) is 3. The van der Waals surface area contributed by atoms with Crippen LogP contribution in [0.2, 0.25) is 0 Å². The SMILES string of the molecule is COCCNS(=O)(=O)Nc1cc(C)ccc1C#CCN. The lowest BCUT2D eigenvalue weighted by Gasteiger charge is -2.11. The molecule has 0 aromatic heterocycles. The Morgan fingerprint density at radius 3 is 2.80 bits per heavy atom. The van der Waals surface area contributed by atoms with Crippen molar-refractivity contribution in [3.8, 4) is 11.8 Å². The van der Waals surface area contributed by atoms with Crippen molar-refractivity contribution in [1.82, 2.24) is 4.72 Å². The maximum Gasteiger partial charge on any atom is 0.299 e. The van der Waals surface area contributed by atoms with Gasteiger partial charge in [0.15, 0.2) is 0 Å². The summed E-state index contributed by atoms with van der Waals surface area (Å²) in [6, 6.07) is 5.33. The Labute approximate surface area is 119 Å². The molecule has 0 aliphatic carbocycles. The van der Waals surface area contributed by atoms with Crippen molar-refractivity contribution in [2.45, 2.75) is 6.92 Å². The standard InChI is InChI=1S/C13H19N3O3S/c1-11-5-6-12(4-3-7-14)13(10-11)16-20(17,18)15-8-9-19-2/h5-6,10,15-16H,7-9,14H2,1-2H3. The van der Waals surface area contributed by atoms with E-state index in [0.717, 1.165) is 5.56 Å². The molecule has 20 heavy (non-hydrogen) atoms. The van der Waals surface area contributed by atoms with Crippen LogP contribution >= 0.6 is 0 Å². The van der Waals surface area contributed by atoms with Gasteiger partial charge in [-0.05, 0) is 24.6 Å². The van der Waals surface area contributed by atoms with E-state index in [0.29, 0.717) is 17.9 Å². The Balaban J connectivity index is 2.92. The number of ether oxygens (including phenoxy) is 1. The number of nitrogens with one attached hydrogen (secondary N) is 2. The molecular weight excluding hydrogens is 278 g/mol. The van der Waals surface area contributed by atoms with Gasteiger partial charge in [-0.3, -0.25) is 4.72 Å². The van der Waals surface area contributed by atoms with E-state index in [-0.39, 0.29) is 13.1 Å². The van der Waals surface area contributed by atoms with Gasteiger partial charge >= 0.3 is 0 Å². The monoisotopic (exact) mass is 297 g/mol. The second-order valence-electron chi connectivity index (χ2n) is 4.05. The lowest BCUT2D eigenvalue weighted by molar-refractivity contribution is 0.204. The number of anilines is 1. The normalized spacial score (nSPS) is 10.8. The van der Waals surface area contributed by atoms with Crippen LogP contribution < -0.4 is 15.2 Å². The minimum absolute atomic E-state index is 0.196. The van der Waals surface area contributed by atoms with Crippen LogP contribution in [0.15, 0.2) is 18.2 Å². The first-order chi connectivity index (χ1) is 9.48. The highest BCUT2D eigenvalue weighted by atomic mass is 32.2. The molecule has 0 unspecified atom stereocenters. The van der Waals surface area contributed by atoms with Gasteiger partial charge in [-0.2, -0.15) is 13.1 Å². The molecule has 7 heteroatoms. The van der Waals surface area contributed by atoms with Crippen molar-refractivity contribution in [1.29, 1.82) is 0 Å². The largest absolute Gasteiger partial charge is 0.383 e. The van der Waals surface area contributed by atoms with E-state index in [1.807, 2.05) is 13.0 Å². The molecule has 110 valence electrons. The molecule has 0 atom stereocenters. The van der Waals surface area contributed by atoms with Crippen molar-refractivity contribution in [3.05, 3.63) is 29.3 Å². The number of benzene rings is 1. The molecule has 0 saturated heterocycles. The molecule has 1 rings (SSSR count). The van der Waals surface area contributed by atoms with Crippen molar-refractivity contribution in [2.75, 3.05) is 31.5 Å². The minimum Gasteiger partial charge on any atom is -0.383 e. The van der Waals surface area contributed by atoms with E-state index in [2.05, 4.69) is 21.3 Å². The summed E-state index contributed by atoms with van der Waals surface area (Å²) in [6.07, 6.45) is 0. The fourth-order valence-electron chi connectivity index (χ4n) is 1.46. The first-order valence-electron chi connectivity index (χ1n) is 6.04. The van der Waals surface area contributed by atoms with Gasteiger partial charge in [-0.25, -0.2) is 0 Å². The minimum atomic E-state index is -3.65. The highest BCUT2D eigenvalue weighted by Gasteiger charge is 2.11. The van der Waals surface area contributed by atoms with Crippen molar-refractivity contribution in [3.63, 3.8) is 0 Å². The molecule has 4 N–H and O–H groups in total. The Morgan fingerprint density at radius 2 is 2.15 bits per heavy atom. The number of rotatable bonds is 6. The Kier molecular flexibility index (Phi) is 6.48. The van der Waals surface area contributed by atoms with Gasteiger partial charge in [-0.15, -0.1) is 0 Å². The molecule has 0 heterocycles. The molecule has 0 aliphatic rings. The number of hydrogen-bond acceptors (Lipinski definition) is 4. The van der Waals surface area contributed by atoms with Gasteiger partial charge in [-0.1, -0.05) is 17.9 Å². The molecule has 0 radical (unpaired) electrons. The van der Waals surface area contributed by atoms with E-state index in [1.165, 1.54) is 7.11 Å². The van der Waals surface area contributed by atoms with Crippen molar-refractivity contribution < 1.29 is 13.2 Å². The summed E-state index contributed by atoms with van der Waals surface area (Å²) in [4.78, 5) is 0. The first kappa shape index (κ1) is 16.5. The van der Waals surface area contributed by atoms with E-state index in [1.54, 1.807) is 12.1 Å². The smallest absolute Gasteiger partial charge is 0.299 e. The molecule has 0 bridgehead atoms. The third-order valence-corrected chi connectivity index (χ3v) is 3.42. The van der Waals surface area contributed by atoms with Crippen LogP contribution in [0.25, 0.3) is 0 Å². The molecule has 1 aromatic rings. The summed E-state index contributed by atoms with van der Waals surface area (Å²) < 4.78 is 33.3. The maximum atomic E-state index is 11.9. The Bertz CT molecular complexity index is 603. The Hall–Kier alpha value is -1.59. The van der Waals surface area contributed by atoms with Crippen molar-refractivity contribution >= 4 is 15.9 Å². The second-order valence-corrected chi connectivity index (χ2v) is 5.55. The zero-order chi connectivity index (χ0) is 15.0. The molecule has 6 nitrogen and oxygen atoms in total. The molecule has 1 aromatic carbocycles. The summed E-state index contributed by atoms with van der Waals surface area (Å²) in [5.41, 5.74) is 7.26. The summed E-state index contributed by atoms with van der Waals surface area (Å²) in [7, 11) is -2.15. The van der Waals surface area contributed by atoms with Crippen LogP contribution in [0.5, 0.6) is 0 Å². The van der Waals surface area contributed by atoms with Crippen LogP contribution in [0.3, 0.4) is 0 Å². The average molecular weight is 297 g/mol. The predicted octanol–water partition coefficient (Wildman–Crippen LogP) is 0.198. The fourth-order valence-corrected chi connectivity index (χ4v) is 2.34. The molecule has 0 spiro atoms. The van der Waals surface area contributed by atoms with Crippen LogP contribution in [0.1, 0.15) is 11.1 Å². The number of aryl methyl sites for hydroxylation is 1. The summed E-state index contributed by atoms with van der Waals surface area (Å²) >= 11 is 0. The van der Waals surface area contributed by atoms with Crippen LogP contribution in [-0.2, 0) is 14.9 Å². The predicted molar refractivity (Wildman–Crippen MR) is 79.5 cm³/mol. The highest BCUT2D eigenvalue weighted by molar-refractivity contribution is 7.90. The molecular formula is C13H19N3O3S. The van der Waals surface area contributed by atoms with Gasteiger partial charge in [0.1, 0.15) is 0 Å². The Morgan fingerprint density at radius 1 is 1.40 bits per heavy atom. The lowest BCUT2D eigenvalue weighted by Crippen LogP contribution is -2.32. The summed E-state index contributed by atoms with van der Waals surface area (Å²) in [5.74, 6) is 5.54. The third-order valence-electron chi connectivity index (χ3n) is 2.34. The molecule has 0 amide bonds. The third kappa shape index (κ3) is 5.59. The quantitative estimate of drug-likeness (QED) is 0.516. The van der Waals surface area contributed by atoms with Crippen LogP contribution in [-0.4, -0.2) is 35.2 Å². The zero-order valence-corrected chi connectivity index (χ0v) is 12.4. The van der Waals surface area contributed by atoms with Gasteiger partial charge in [0.25, 0.3) is 10.2 Å². The van der Waals surface area contributed by atoms with Crippen LogP contribution in [0, 0.1) is 18.8 Å². The summed E-state index contributed by atoms with van der Waals surface area (Å²) in [5, 5.41) is 0. The maximum absolute atomic E-state index is 11.9. The number of methoxy groups -OCH3 is 1. The van der Waals surface area contributed by atoms with E-state index < -0.39 is 10.2 Å². The molecule has 0 fully saturated rings. The fraction of sp³-hybridized carbons (Fsp3) is 0.385. The molecule has 0 aliphatic heterocycles. The van der Waals surface area contributed by atoms with Crippen LogP contribution in [0.4, 0.5) is 5.69 Å². The van der Waals surface area contributed by atoms with Gasteiger partial charge in [0, 0.05) is 19.2 Å². The van der Waals surface area contributed by atoms with E-state index in [9.17, 15) is 8.42 Å². The van der Waals surface area contributed by atoms with Gasteiger partial charge in [0.05, 0.1) is 18.8 Å². The second kappa shape index (κ2) is 7.87.